The molecule has 0 unspecified atom stereocenters. The van der Waals surface area contributed by atoms with Gasteiger partial charge in [-0.1, -0.05) is 24.3 Å². The number of nitrogens with zero attached hydrogens (tertiary/aromatic N) is 2. The molecule has 0 aliphatic rings. The van der Waals surface area contributed by atoms with Crippen molar-refractivity contribution in [3.05, 3.63) is 60.9 Å². The van der Waals surface area contributed by atoms with Crippen LogP contribution < -0.4 is 0 Å². The van der Waals surface area contributed by atoms with Crippen LogP contribution in [0.3, 0.4) is 0 Å². The molecule has 80 valence electrons. The van der Waals surface area contributed by atoms with Crippen molar-refractivity contribution < 1.29 is 0 Å². The average molecular weight is 218 g/mol. The Labute approximate surface area is 98.1 Å². The first-order valence-electron chi connectivity index (χ1n) is 5.67. The van der Waals surface area contributed by atoms with Crippen LogP contribution in [0.5, 0.6) is 0 Å². The zero-order valence-corrected chi connectivity index (χ0v) is 9.17. The molecule has 4 aromatic rings. The molecule has 0 N–H and O–H groups in total. The maximum Gasteiger partial charge on any atom is 0.0730 e. The summed E-state index contributed by atoms with van der Waals surface area (Å²) >= 11 is 0. The highest BCUT2D eigenvalue weighted by molar-refractivity contribution is 6.07. The molecule has 4 rings (SSSR count). The fraction of sp³-hybridized carbons (Fsp3) is 0. The van der Waals surface area contributed by atoms with Gasteiger partial charge in [-0.05, 0) is 29.7 Å². The van der Waals surface area contributed by atoms with Gasteiger partial charge in [0.1, 0.15) is 0 Å². The van der Waals surface area contributed by atoms with Gasteiger partial charge in [0.25, 0.3) is 0 Å². The Bertz CT molecular complexity index is 838. The van der Waals surface area contributed by atoms with Crippen LogP contribution in [0.25, 0.3) is 27.3 Å². The van der Waals surface area contributed by atoms with Gasteiger partial charge in [-0.15, -0.1) is 0 Å². The molecular weight excluding hydrogens is 208 g/mol. The van der Waals surface area contributed by atoms with Crippen LogP contribution in [-0.2, 0) is 0 Å². The van der Waals surface area contributed by atoms with E-state index in [0.717, 1.165) is 11.0 Å². The molecule has 0 aliphatic heterocycles. The molecule has 2 aromatic carbocycles. The van der Waals surface area contributed by atoms with Gasteiger partial charge in [-0.2, -0.15) is 0 Å². The number of benzene rings is 2. The third-order valence-electron chi connectivity index (χ3n) is 3.24. The summed E-state index contributed by atoms with van der Waals surface area (Å²) in [7, 11) is 0. The summed E-state index contributed by atoms with van der Waals surface area (Å²) in [5.41, 5.74) is 3.37. The molecule has 2 heterocycles. The molecule has 0 radical (unpaired) electrons. The lowest BCUT2D eigenvalue weighted by Crippen LogP contribution is -1.82. The highest BCUT2D eigenvalue weighted by atomic mass is 14.9. The summed E-state index contributed by atoms with van der Waals surface area (Å²) in [6.45, 7) is 0. The van der Waals surface area contributed by atoms with Gasteiger partial charge >= 0.3 is 0 Å². The third kappa shape index (κ3) is 1.12. The second kappa shape index (κ2) is 3.08. The normalized spacial score (nSPS) is 11.5. The minimum absolute atomic E-state index is 1.04. The second-order valence-electron chi connectivity index (χ2n) is 4.21. The van der Waals surface area contributed by atoms with E-state index in [1.165, 1.54) is 16.3 Å². The summed E-state index contributed by atoms with van der Waals surface area (Å²) in [5.74, 6) is 0. The monoisotopic (exact) mass is 218 g/mol. The Balaban J connectivity index is 2.49. The van der Waals surface area contributed by atoms with Crippen molar-refractivity contribution in [3.8, 4) is 0 Å². The van der Waals surface area contributed by atoms with Crippen molar-refractivity contribution in [1.82, 2.24) is 9.38 Å². The SMILES string of the molecule is c1cc2cccc3c2c(c1)ncc1cccn13. The van der Waals surface area contributed by atoms with Gasteiger partial charge in [0, 0.05) is 11.6 Å². The van der Waals surface area contributed by atoms with Gasteiger partial charge in [0.2, 0.25) is 0 Å². The lowest BCUT2D eigenvalue weighted by atomic mass is 10.1. The van der Waals surface area contributed by atoms with E-state index in [2.05, 4.69) is 58.0 Å². The molecule has 17 heavy (non-hydrogen) atoms. The fourth-order valence-electron chi connectivity index (χ4n) is 2.46. The van der Waals surface area contributed by atoms with Crippen molar-refractivity contribution in [2.75, 3.05) is 0 Å². The van der Waals surface area contributed by atoms with Crippen LogP contribution in [0.2, 0.25) is 0 Å². The van der Waals surface area contributed by atoms with E-state index in [4.69, 9.17) is 0 Å². The van der Waals surface area contributed by atoms with Crippen LogP contribution in [0.1, 0.15) is 0 Å². The van der Waals surface area contributed by atoms with Gasteiger partial charge in [0.05, 0.1) is 22.7 Å². The number of rotatable bonds is 0. The minimum atomic E-state index is 1.04. The van der Waals surface area contributed by atoms with Crippen LogP contribution in [-0.4, -0.2) is 9.38 Å². The number of hydrogen-bond donors (Lipinski definition) is 0. The molecule has 2 nitrogen and oxygen atoms in total. The van der Waals surface area contributed by atoms with Crippen LogP contribution in [0.15, 0.2) is 60.9 Å². The second-order valence-corrected chi connectivity index (χ2v) is 4.21. The number of aromatic nitrogens is 2. The van der Waals surface area contributed by atoms with Crippen LogP contribution >= 0.6 is 0 Å². The van der Waals surface area contributed by atoms with Crippen molar-refractivity contribution in [2.45, 2.75) is 0 Å². The zero-order valence-electron chi connectivity index (χ0n) is 9.17. The Morgan fingerprint density at radius 3 is 2.71 bits per heavy atom. The van der Waals surface area contributed by atoms with Gasteiger partial charge in [-0.25, -0.2) is 0 Å². The first-order valence-corrected chi connectivity index (χ1v) is 5.67. The highest BCUT2D eigenvalue weighted by Gasteiger charge is 2.03. The maximum absolute atomic E-state index is 4.57. The average Bonchev–Trinajstić information content (AvgIpc) is 2.78. The fourth-order valence-corrected chi connectivity index (χ4v) is 2.46. The number of fused-ring (bicyclic) bond motifs is 2. The van der Waals surface area contributed by atoms with E-state index in [-0.39, 0.29) is 0 Å². The Hall–Kier alpha value is -2.35. The lowest BCUT2D eigenvalue weighted by Gasteiger charge is -2.01. The Kier molecular flexibility index (Phi) is 1.59. The highest BCUT2D eigenvalue weighted by Crippen LogP contribution is 2.25. The van der Waals surface area contributed by atoms with E-state index < -0.39 is 0 Å². The molecule has 0 amide bonds. The predicted molar refractivity (Wildman–Crippen MR) is 70.2 cm³/mol. The molecule has 0 spiro atoms. The molecule has 0 fully saturated rings. The van der Waals surface area contributed by atoms with Crippen molar-refractivity contribution >= 4 is 27.3 Å². The molecule has 0 saturated carbocycles. The first kappa shape index (κ1) is 8.76. The smallest absolute Gasteiger partial charge is 0.0730 e. The summed E-state index contributed by atoms with van der Waals surface area (Å²) < 4.78 is 2.18. The van der Waals surface area contributed by atoms with Crippen LogP contribution in [0, 0.1) is 0 Å². The van der Waals surface area contributed by atoms with Gasteiger partial charge < -0.3 is 4.40 Å². The molecule has 0 atom stereocenters. The minimum Gasteiger partial charge on any atom is -0.315 e. The predicted octanol–water partition coefficient (Wildman–Crippen LogP) is 3.64. The lowest BCUT2D eigenvalue weighted by molar-refractivity contribution is 1.28. The van der Waals surface area contributed by atoms with Crippen molar-refractivity contribution in [1.29, 1.82) is 0 Å². The molecular formula is C15H10N2. The quantitative estimate of drug-likeness (QED) is 0.440. The van der Waals surface area contributed by atoms with Crippen molar-refractivity contribution in [2.24, 2.45) is 0 Å². The summed E-state index contributed by atoms with van der Waals surface area (Å²) in [4.78, 5) is 4.57. The van der Waals surface area contributed by atoms with E-state index in [9.17, 15) is 0 Å². The van der Waals surface area contributed by atoms with Gasteiger partial charge in [-0.3, -0.25) is 4.98 Å². The largest absolute Gasteiger partial charge is 0.315 e. The molecule has 0 saturated heterocycles. The van der Waals surface area contributed by atoms with E-state index in [1.54, 1.807) is 0 Å². The third-order valence-corrected chi connectivity index (χ3v) is 3.24. The summed E-state index contributed by atoms with van der Waals surface area (Å²) in [5, 5.41) is 2.46. The van der Waals surface area contributed by atoms with Gasteiger partial charge in [0.15, 0.2) is 0 Å². The maximum atomic E-state index is 4.57. The van der Waals surface area contributed by atoms with E-state index >= 15 is 0 Å². The van der Waals surface area contributed by atoms with Crippen LogP contribution in [0.4, 0.5) is 0 Å². The summed E-state index contributed by atoms with van der Waals surface area (Å²) in [6, 6.07) is 16.7. The molecule has 0 aliphatic carbocycles. The topological polar surface area (TPSA) is 17.3 Å². The summed E-state index contributed by atoms with van der Waals surface area (Å²) in [6.07, 6.45) is 4.01. The Morgan fingerprint density at radius 1 is 0.882 bits per heavy atom. The van der Waals surface area contributed by atoms with Crippen molar-refractivity contribution in [3.63, 3.8) is 0 Å². The van der Waals surface area contributed by atoms with E-state index in [0.29, 0.717) is 0 Å². The molecule has 2 heteroatoms. The molecule has 0 bridgehead atoms. The van der Waals surface area contributed by atoms with E-state index in [1.807, 2.05) is 12.3 Å². The Morgan fingerprint density at radius 2 is 1.76 bits per heavy atom. The standard InChI is InChI=1S/C15H10N2/c1-4-11-5-2-8-14-15(11)13(7-1)16-10-12-6-3-9-17(12)14/h1-10H. The number of hydrogen-bond acceptors (Lipinski definition) is 1. The zero-order chi connectivity index (χ0) is 11.2. The first-order chi connectivity index (χ1) is 8.43. The molecule has 2 aromatic heterocycles.